The molecule has 4 aromatic rings. The summed E-state index contributed by atoms with van der Waals surface area (Å²) >= 11 is 0. The van der Waals surface area contributed by atoms with E-state index in [1.165, 1.54) is 5.56 Å². The normalized spacial score (nSPS) is 11.6. The zero-order chi connectivity index (χ0) is 27.8. The van der Waals surface area contributed by atoms with Crippen molar-refractivity contribution in [2.24, 2.45) is 0 Å². The zero-order valence-corrected chi connectivity index (χ0v) is 23.0. The van der Waals surface area contributed by atoms with Crippen molar-refractivity contribution in [2.75, 3.05) is 24.3 Å². The van der Waals surface area contributed by atoms with Crippen LogP contribution in [0.4, 0.5) is 11.4 Å². The number of carbonyl (C=O) groups is 2. The SMILES string of the molecule is CC(C)c1ccc(C(C(=O)Nc2ccc(N(C)C)cc2)N(Cc2cccnc2)C(=O)Cc2ccccc2)cc1. The molecule has 0 saturated heterocycles. The number of hydrogen-bond acceptors (Lipinski definition) is 4. The number of hydrogen-bond donors (Lipinski definition) is 1. The van der Waals surface area contributed by atoms with Crippen LogP contribution in [0.1, 0.15) is 48.1 Å². The summed E-state index contributed by atoms with van der Waals surface area (Å²) in [7, 11) is 3.94. The summed E-state index contributed by atoms with van der Waals surface area (Å²) < 4.78 is 0. The van der Waals surface area contributed by atoms with Gasteiger partial charge in [0.15, 0.2) is 0 Å². The zero-order valence-electron chi connectivity index (χ0n) is 23.0. The number of rotatable bonds is 10. The second-order valence-electron chi connectivity index (χ2n) is 10.2. The Bertz CT molecular complexity index is 1350. The minimum atomic E-state index is -0.837. The van der Waals surface area contributed by atoms with Crippen LogP contribution in [0.3, 0.4) is 0 Å². The van der Waals surface area contributed by atoms with Gasteiger partial charge in [-0.15, -0.1) is 0 Å². The van der Waals surface area contributed by atoms with Gasteiger partial charge >= 0.3 is 0 Å². The molecule has 1 heterocycles. The van der Waals surface area contributed by atoms with E-state index in [0.29, 0.717) is 11.6 Å². The number of benzene rings is 3. The molecule has 0 aliphatic heterocycles. The number of nitrogens with one attached hydrogen (secondary N) is 1. The van der Waals surface area contributed by atoms with Crippen LogP contribution in [0.5, 0.6) is 0 Å². The summed E-state index contributed by atoms with van der Waals surface area (Å²) in [5, 5.41) is 3.06. The molecular weight excluding hydrogens is 484 g/mol. The summed E-state index contributed by atoms with van der Waals surface area (Å²) in [6, 6.07) is 28.2. The molecule has 0 bridgehead atoms. The predicted molar refractivity (Wildman–Crippen MR) is 158 cm³/mol. The van der Waals surface area contributed by atoms with E-state index in [4.69, 9.17) is 0 Å². The van der Waals surface area contributed by atoms with Crippen LogP contribution in [0.2, 0.25) is 0 Å². The van der Waals surface area contributed by atoms with Gasteiger partial charge in [-0.1, -0.05) is 74.5 Å². The Kier molecular flexibility index (Phi) is 9.10. The number of carbonyl (C=O) groups excluding carboxylic acids is 2. The van der Waals surface area contributed by atoms with E-state index in [-0.39, 0.29) is 24.8 Å². The van der Waals surface area contributed by atoms with Crippen molar-refractivity contribution in [3.05, 3.63) is 126 Å². The van der Waals surface area contributed by atoms with Crippen molar-refractivity contribution in [1.29, 1.82) is 0 Å². The summed E-state index contributed by atoms with van der Waals surface area (Å²) in [6.07, 6.45) is 3.62. The van der Waals surface area contributed by atoms with Gasteiger partial charge in [0.2, 0.25) is 5.91 Å². The molecule has 0 fully saturated rings. The number of nitrogens with zero attached hydrogens (tertiary/aromatic N) is 3. The van der Waals surface area contributed by atoms with E-state index in [2.05, 4.69) is 24.1 Å². The van der Waals surface area contributed by atoms with E-state index in [0.717, 1.165) is 22.4 Å². The van der Waals surface area contributed by atoms with Crippen molar-refractivity contribution >= 4 is 23.2 Å². The van der Waals surface area contributed by atoms with Crippen molar-refractivity contribution < 1.29 is 9.59 Å². The highest BCUT2D eigenvalue weighted by Gasteiger charge is 2.32. The molecule has 39 heavy (non-hydrogen) atoms. The van der Waals surface area contributed by atoms with Crippen LogP contribution in [0.15, 0.2) is 103 Å². The standard InChI is InChI=1S/C33H36N4O2/c1-24(2)27-12-14-28(15-13-27)32(33(39)35-29-16-18-30(19-17-29)36(3)4)37(23-26-11-8-20-34-22-26)31(38)21-25-9-6-5-7-10-25/h5-20,22,24,32H,21,23H2,1-4H3,(H,35,39). The van der Waals surface area contributed by atoms with Crippen LogP contribution in [0.25, 0.3) is 0 Å². The molecule has 1 unspecified atom stereocenters. The fourth-order valence-electron chi connectivity index (χ4n) is 4.47. The Morgan fingerprint density at radius 1 is 0.795 bits per heavy atom. The quantitative estimate of drug-likeness (QED) is 0.270. The second-order valence-corrected chi connectivity index (χ2v) is 10.2. The average Bonchev–Trinajstić information content (AvgIpc) is 2.94. The van der Waals surface area contributed by atoms with Gasteiger partial charge in [-0.2, -0.15) is 0 Å². The lowest BCUT2D eigenvalue weighted by atomic mass is 9.97. The summed E-state index contributed by atoms with van der Waals surface area (Å²) in [5.74, 6) is -0.0518. The first-order valence-corrected chi connectivity index (χ1v) is 13.2. The molecule has 6 nitrogen and oxygen atoms in total. The monoisotopic (exact) mass is 520 g/mol. The minimum absolute atomic E-state index is 0.138. The molecule has 1 atom stereocenters. The molecule has 1 aromatic heterocycles. The summed E-state index contributed by atoms with van der Waals surface area (Å²) in [5.41, 5.74) is 5.38. The lowest BCUT2D eigenvalue weighted by molar-refractivity contribution is -0.139. The molecule has 2 amide bonds. The first-order chi connectivity index (χ1) is 18.8. The van der Waals surface area contributed by atoms with E-state index < -0.39 is 6.04 Å². The lowest BCUT2D eigenvalue weighted by Crippen LogP contribution is -2.41. The molecule has 6 heteroatoms. The Hall–Kier alpha value is -4.45. The lowest BCUT2D eigenvalue weighted by Gasteiger charge is -2.32. The average molecular weight is 521 g/mol. The first-order valence-electron chi connectivity index (χ1n) is 13.2. The predicted octanol–water partition coefficient (Wildman–Crippen LogP) is 6.22. The van der Waals surface area contributed by atoms with Crippen molar-refractivity contribution in [2.45, 2.75) is 38.8 Å². The number of amides is 2. The van der Waals surface area contributed by atoms with Gasteiger partial charge < -0.3 is 15.1 Å². The molecule has 0 aliphatic carbocycles. The number of aromatic nitrogens is 1. The van der Waals surface area contributed by atoms with Crippen LogP contribution < -0.4 is 10.2 Å². The maximum atomic E-state index is 14.0. The summed E-state index contributed by atoms with van der Waals surface area (Å²) in [4.78, 5) is 35.8. The van der Waals surface area contributed by atoms with E-state index in [9.17, 15) is 9.59 Å². The third kappa shape index (κ3) is 7.32. The highest BCUT2D eigenvalue weighted by atomic mass is 16.2. The van der Waals surface area contributed by atoms with Gasteiger partial charge in [0.1, 0.15) is 6.04 Å². The molecule has 1 N–H and O–H groups in total. The maximum absolute atomic E-state index is 14.0. The molecule has 200 valence electrons. The van der Waals surface area contributed by atoms with Gasteiger partial charge in [0, 0.05) is 44.4 Å². The highest BCUT2D eigenvalue weighted by molar-refractivity contribution is 5.98. The van der Waals surface area contributed by atoms with Crippen molar-refractivity contribution in [1.82, 2.24) is 9.88 Å². The Morgan fingerprint density at radius 2 is 1.44 bits per heavy atom. The summed E-state index contributed by atoms with van der Waals surface area (Å²) in [6.45, 7) is 4.52. The van der Waals surface area contributed by atoms with Crippen LogP contribution in [0, 0.1) is 0 Å². The Morgan fingerprint density at radius 3 is 2.03 bits per heavy atom. The number of anilines is 2. The molecule has 0 saturated carbocycles. The smallest absolute Gasteiger partial charge is 0.251 e. The minimum Gasteiger partial charge on any atom is -0.378 e. The van der Waals surface area contributed by atoms with Gasteiger partial charge in [-0.05, 0) is 58.5 Å². The third-order valence-electron chi connectivity index (χ3n) is 6.72. The van der Waals surface area contributed by atoms with Gasteiger partial charge in [-0.3, -0.25) is 14.6 Å². The molecule has 0 radical (unpaired) electrons. The molecule has 0 aliphatic rings. The highest BCUT2D eigenvalue weighted by Crippen LogP contribution is 2.28. The maximum Gasteiger partial charge on any atom is 0.251 e. The Balaban J connectivity index is 1.73. The number of pyridine rings is 1. The van der Waals surface area contributed by atoms with Gasteiger partial charge in [-0.25, -0.2) is 0 Å². The Labute approximate surface area is 231 Å². The van der Waals surface area contributed by atoms with Crippen LogP contribution >= 0.6 is 0 Å². The first kappa shape index (κ1) is 27.6. The molecule has 4 rings (SSSR count). The topological polar surface area (TPSA) is 65.5 Å². The van der Waals surface area contributed by atoms with Crippen molar-refractivity contribution in [3.63, 3.8) is 0 Å². The van der Waals surface area contributed by atoms with E-state index in [1.807, 2.05) is 110 Å². The van der Waals surface area contributed by atoms with Crippen LogP contribution in [-0.4, -0.2) is 35.8 Å². The van der Waals surface area contributed by atoms with Crippen molar-refractivity contribution in [3.8, 4) is 0 Å². The van der Waals surface area contributed by atoms with E-state index in [1.54, 1.807) is 17.3 Å². The van der Waals surface area contributed by atoms with Gasteiger partial charge in [0.05, 0.1) is 6.42 Å². The largest absolute Gasteiger partial charge is 0.378 e. The third-order valence-corrected chi connectivity index (χ3v) is 6.72. The molecule has 0 spiro atoms. The van der Waals surface area contributed by atoms with Gasteiger partial charge in [0.25, 0.3) is 5.91 Å². The fraction of sp³-hybridized carbons (Fsp3) is 0.242. The molecular formula is C33H36N4O2. The fourth-order valence-corrected chi connectivity index (χ4v) is 4.47. The molecule has 3 aromatic carbocycles. The van der Waals surface area contributed by atoms with E-state index >= 15 is 0 Å². The second kappa shape index (κ2) is 12.9. The van der Waals surface area contributed by atoms with Crippen LogP contribution in [-0.2, 0) is 22.6 Å².